The molecule has 0 aliphatic rings. The van der Waals surface area contributed by atoms with Gasteiger partial charge >= 0.3 is 0 Å². The van der Waals surface area contributed by atoms with Crippen molar-refractivity contribution in [2.24, 2.45) is 0 Å². The number of rotatable bonds is 6. The Kier molecular flexibility index (Phi) is 6.72. The lowest BCUT2D eigenvalue weighted by atomic mass is 10.0. The van der Waals surface area contributed by atoms with Gasteiger partial charge in [-0.2, -0.15) is 0 Å². The first kappa shape index (κ1) is 22.2. The smallest absolute Gasteiger partial charge is 0.253 e. The lowest BCUT2D eigenvalue weighted by Gasteiger charge is -2.28. The lowest BCUT2D eigenvalue weighted by Crippen LogP contribution is -2.40. The summed E-state index contributed by atoms with van der Waals surface area (Å²) >= 11 is 7.50. The van der Waals surface area contributed by atoms with E-state index in [0.717, 1.165) is 22.0 Å². The fraction of sp³-hybridized carbons (Fsp3) is 0.231. The van der Waals surface area contributed by atoms with E-state index in [1.54, 1.807) is 11.3 Å². The molecule has 1 atom stereocenters. The fourth-order valence-corrected chi connectivity index (χ4v) is 4.96. The minimum absolute atomic E-state index is 0.0645. The van der Waals surface area contributed by atoms with Crippen LogP contribution in [0, 0.1) is 13.8 Å². The van der Waals surface area contributed by atoms with E-state index in [9.17, 15) is 4.79 Å². The molecule has 164 valence electrons. The summed E-state index contributed by atoms with van der Waals surface area (Å²) < 4.78 is 0. The molecule has 2 aromatic carbocycles. The molecule has 2 aromatic heterocycles. The van der Waals surface area contributed by atoms with Crippen LogP contribution < -0.4 is 10.9 Å². The van der Waals surface area contributed by atoms with Gasteiger partial charge in [0.15, 0.2) is 5.11 Å². The number of hydrogen-bond acceptors (Lipinski definition) is 3. The van der Waals surface area contributed by atoms with Crippen molar-refractivity contribution in [2.45, 2.75) is 39.9 Å². The van der Waals surface area contributed by atoms with Gasteiger partial charge in [0.1, 0.15) is 0 Å². The first-order chi connectivity index (χ1) is 15.4. The third kappa shape index (κ3) is 5.09. The summed E-state index contributed by atoms with van der Waals surface area (Å²) in [5.74, 6) is 0. The highest BCUT2D eigenvalue weighted by Gasteiger charge is 2.17. The van der Waals surface area contributed by atoms with Crippen LogP contribution in [0.3, 0.4) is 0 Å². The molecule has 0 aliphatic heterocycles. The summed E-state index contributed by atoms with van der Waals surface area (Å²) in [7, 11) is 0. The molecule has 32 heavy (non-hydrogen) atoms. The maximum absolute atomic E-state index is 12.9. The predicted octanol–water partition coefficient (Wildman–Crippen LogP) is 5.84. The zero-order valence-corrected chi connectivity index (χ0v) is 20.1. The SMILES string of the molecule is Cc1cc(C)c2cc(CN(Cc3cccs3)C(=S)N[C@@H](C)c3ccccc3)c(=O)[nH]c2c1. The third-order valence-electron chi connectivity index (χ3n) is 5.60. The van der Waals surface area contributed by atoms with Crippen LogP contribution in [0.15, 0.2) is 70.8 Å². The van der Waals surface area contributed by atoms with Gasteiger partial charge in [-0.3, -0.25) is 4.79 Å². The molecular formula is C26H27N3OS2. The highest BCUT2D eigenvalue weighted by atomic mass is 32.1. The summed E-state index contributed by atoms with van der Waals surface area (Å²) in [5.41, 5.74) is 4.97. The monoisotopic (exact) mass is 461 g/mol. The van der Waals surface area contributed by atoms with Gasteiger partial charge in [-0.25, -0.2) is 0 Å². The number of benzene rings is 2. The Morgan fingerprint density at radius 1 is 1.09 bits per heavy atom. The fourth-order valence-electron chi connectivity index (χ4n) is 3.93. The van der Waals surface area contributed by atoms with Crippen LogP contribution in [-0.2, 0) is 13.1 Å². The second kappa shape index (κ2) is 9.67. The zero-order valence-electron chi connectivity index (χ0n) is 18.5. The van der Waals surface area contributed by atoms with Gasteiger partial charge in [-0.1, -0.05) is 42.5 Å². The van der Waals surface area contributed by atoms with Crippen molar-refractivity contribution >= 4 is 39.6 Å². The van der Waals surface area contributed by atoms with Crippen LogP contribution in [0.1, 0.15) is 40.1 Å². The molecule has 4 rings (SSSR count). The average Bonchev–Trinajstić information content (AvgIpc) is 3.27. The lowest BCUT2D eigenvalue weighted by molar-refractivity contribution is 0.395. The molecule has 0 spiro atoms. The molecule has 0 saturated heterocycles. The van der Waals surface area contributed by atoms with Gasteiger partial charge < -0.3 is 15.2 Å². The average molecular weight is 462 g/mol. The molecule has 4 aromatic rings. The molecule has 2 N–H and O–H groups in total. The number of hydrogen-bond donors (Lipinski definition) is 2. The number of aryl methyl sites for hydroxylation is 2. The first-order valence-electron chi connectivity index (χ1n) is 10.7. The van der Waals surface area contributed by atoms with E-state index in [0.29, 0.717) is 23.8 Å². The molecule has 4 nitrogen and oxygen atoms in total. The molecule has 0 fully saturated rings. The molecule has 0 bridgehead atoms. The van der Waals surface area contributed by atoms with Gasteiger partial charge in [0.25, 0.3) is 5.56 Å². The van der Waals surface area contributed by atoms with Gasteiger partial charge in [-0.15, -0.1) is 11.3 Å². The van der Waals surface area contributed by atoms with Crippen LogP contribution in [0.25, 0.3) is 10.9 Å². The number of nitrogens with zero attached hydrogens (tertiary/aromatic N) is 1. The standard InChI is InChI=1S/C26H27N3OS2/c1-17-12-18(2)23-14-21(25(30)28-24(23)13-17)15-29(16-22-10-7-11-32-22)26(31)27-19(3)20-8-5-4-6-9-20/h4-14,19H,15-16H2,1-3H3,(H,27,31)(H,28,30)/t19-/m0/s1. The maximum atomic E-state index is 12.9. The summed E-state index contributed by atoms with van der Waals surface area (Å²) in [4.78, 5) is 19.3. The molecule has 6 heteroatoms. The number of H-pyrrole nitrogens is 1. The normalized spacial score (nSPS) is 12.0. The van der Waals surface area contributed by atoms with Gasteiger partial charge in [0, 0.05) is 21.3 Å². The van der Waals surface area contributed by atoms with Crippen molar-refractivity contribution in [2.75, 3.05) is 0 Å². The molecule has 2 heterocycles. The second-order valence-corrected chi connectivity index (χ2v) is 9.60. The van der Waals surface area contributed by atoms with E-state index in [2.05, 4.69) is 58.7 Å². The van der Waals surface area contributed by atoms with Crippen LogP contribution >= 0.6 is 23.6 Å². The van der Waals surface area contributed by atoms with Crippen molar-refractivity contribution in [3.63, 3.8) is 0 Å². The summed E-state index contributed by atoms with van der Waals surface area (Å²) in [6.45, 7) is 7.30. The largest absolute Gasteiger partial charge is 0.356 e. The molecule has 0 saturated carbocycles. The highest BCUT2D eigenvalue weighted by Crippen LogP contribution is 2.21. The topological polar surface area (TPSA) is 48.1 Å². The Morgan fingerprint density at radius 3 is 2.59 bits per heavy atom. The van der Waals surface area contributed by atoms with E-state index in [-0.39, 0.29) is 11.6 Å². The Labute approximate surface area is 197 Å². The molecule has 0 radical (unpaired) electrons. The summed E-state index contributed by atoms with van der Waals surface area (Å²) in [5, 5.41) is 7.22. The van der Waals surface area contributed by atoms with E-state index < -0.39 is 0 Å². The Morgan fingerprint density at radius 2 is 1.88 bits per heavy atom. The second-order valence-electron chi connectivity index (χ2n) is 8.18. The van der Waals surface area contributed by atoms with Crippen LogP contribution in [0.5, 0.6) is 0 Å². The number of thiocarbonyl (C=S) groups is 1. The maximum Gasteiger partial charge on any atom is 0.253 e. The molecule has 0 amide bonds. The number of nitrogens with one attached hydrogen (secondary N) is 2. The first-order valence-corrected chi connectivity index (χ1v) is 12.0. The molecular weight excluding hydrogens is 434 g/mol. The van der Waals surface area contributed by atoms with E-state index >= 15 is 0 Å². The van der Waals surface area contributed by atoms with Crippen LogP contribution in [0.2, 0.25) is 0 Å². The number of fused-ring (bicyclic) bond motifs is 1. The number of pyridine rings is 1. The van der Waals surface area contributed by atoms with Crippen LogP contribution in [0.4, 0.5) is 0 Å². The quantitative estimate of drug-likeness (QED) is 0.354. The third-order valence-corrected chi connectivity index (χ3v) is 6.84. The van der Waals surface area contributed by atoms with Gasteiger partial charge in [0.2, 0.25) is 0 Å². The van der Waals surface area contributed by atoms with Crippen molar-refractivity contribution in [3.8, 4) is 0 Å². The van der Waals surface area contributed by atoms with E-state index in [4.69, 9.17) is 12.2 Å². The van der Waals surface area contributed by atoms with Gasteiger partial charge in [0.05, 0.1) is 19.1 Å². The van der Waals surface area contributed by atoms with E-state index in [1.165, 1.54) is 10.4 Å². The van der Waals surface area contributed by atoms with Gasteiger partial charge in [-0.05, 0) is 73.3 Å². The van der Waals surface area contributed by atoms with Crippen molar-refractivity contribution < 1.29 is 0 Å². The zero-order chi connectivity index (χ0) is 22.7. The minimum atomic E-state index is -0.0717. The van der Waals surface area contributed by atoms with Crippen LogP contribution in [-0.4, -0.2) is 15.0 Å². The van der Waals surface area contributed by atoms with Crippen molar-refractivity contribution in [1.82, 2.24) is 15.2 Å². The molecule has 0 unspecified atom stereocenters. The van der Waals surface area contributed by atoms with Crippen molar-refractivity contribution in [1.29, 1.82) is 0 Å². The van der Waals surface area contributed by atoms with Crippen molar-refractivity contribution in [3.05, 3.63) is 104 Å². The number of aromatic nitrogens is 1. The summed E-state index contributed by atoms with van der Waals surface area (Å²) in [6.07, 6.45) is 0. The Bertz CT molecular complexity index is 1280. The minimum Gasteiger partial charge on any atom is -0.356 e. The Hall–Kier alpha value is -2.96. The predicted molar refractivity (Wildman–Crippen MR) is 138 cm³/mol. The van der Waals surface area contributed by atoms with E-state index in [1.807, 2.05) is 43.3 Å². The number of aromatic amines is 1. The highest BCUT2D eigenvalue weighted by molar-refractivity contribution is 7.80. The number of thiophene rings is 1. The summed E-state index contributed by atoms with van der Waals surface area (Å²) in [6, 6.07) is 20.6. The molecule has 0 aliphatic carbocycles. The Balaban J connectivity index is 1.63.